The molecular formula is C19H16N4O4. The molecule has 3 amide bonds. The van der Waals surface area contributed by atoms with Crippen molar-refractivity contribution < 1.29 is 14.5 Å². The van der Waals surface area contributed by atoms with E-state index in [1.165, 1.54) is 21.9 Å². The van der Waals surface area contributed by atoms with Gasteiger partial charge in [-0.2, -0.15) is 0 Å². The summed E-state index contributed by atoms with van der Waals surface area (Å²) in [5.41, 5.74) is 2.48. The number of nitro groups is 1. The van der Waals surface area contributed by atoms with Crippen molar-refractivity contribution in [3.8, 4) is 0 Å². The van der Waals surface area contributed by atoms with Crippen LogP contribution < -0.4 is 10.2 Å². The number of hydrogen-bond donors (Lipinski definition) is 1. The average Bonchev–Trinajstić information content (AvgIpc) is 3.03. The van der Waals surface area contributed by atoms with Crippen LogP contribution in [0.3, 0.4) is 0 Å². The molecule has 2 heterocycles. The van der Waals surface area contributed by atoms with Gasteiger partial charge in [0.1, 0.15) is 0 Å². The topological polar surface area (TPSA) is 95.8 Å². The second-order valence-electron chi connectivity index (χ2n) is 6.38. The molecule has 2 aromatic carbocycles. The fourth-order valence-corrected chi connectivity index (χ4v) is 3.43. The van der Waals surface area contributed by atoms with Crippen LogP contribution in [0.4, 0.5) is 16.2 Å². The zero-order chi connectivity index (χ0) is 19.1. The molecule has 0 aromatic heterocycles. The summed E-state index contributed by atoms with van der Waals surface area (Å²) < 4.78 is 0. The van der Waals surface area contributed by atoms with Gasteiger partial charge in [0.05, 0.1) is 28.8 Å². The van der Waals surface area contributed by atoms with Crippen LogP contribution in [0.1, 0.15) is 11.6 Å². The summed E-state index contributed by atoms with van der Waals surface area (Å²) in [5.74, 6) is -0.223. The maximum atomic E-state index is 13.2. The quantitative estimate of drug-likeness (QED) is 0.669. The van der Waals surface area contributed by atoms with Crippen LogP contribution in [0.2, 0.25) is 0 Å². The molecule has 2 aliphatic rings. The molecule has 136 valence electrons. The maximum absolute atomic E-state index is 13.2. The first kappa shape index (κ1) is 16.8. The number of amides is 3. The van der Waals surface area contributed by atoms with Crippen molar-refractivity contribution in [1.82, 2.24) is 10.2 Å². The minimum Gasteiger partial charge on any atom is -0.327 e. The van der Waals surface area contributed by atoms with E-state index in [4.69, 9.17) is 0 Å². The summed E-state index contributed by atoms with van der Waals surface area (Å²) in [4.78, 5) is 38.8. The van der Waals surface area contributed by atoms with E-state index in [9.17, 15) is 19.7 Å². The molecule has 4 rings (SSSR count). The smallest absolute Gasteiger partial charge is 0.322 e. The molecule has 0 aliphatic carbocycles. The highest BCUT2D eigenvalue weighted by molar-refractivity contribution is 6.11. The van der Waals surface area contributed by atoms with Crippen molar-refractivity contribution in [3.63, 3.8) is 0 Å². The zero-order valence-electron chi connectivity index (χ0n) is 14.5. The van der Waals surface area contributed by atoms with Crippen LogP contribution in [0.15, 0.2) is 65.9 Å². The van der Waals surface area contributed by atoms with E-state index in [0.29, 0.717) is 17.0 Å². The molecule has 2 aromatic rings. The lowest BCUT2D eigenvalue weighted by Gasteiger charge is -2.31. The first-order valence-corrected chi connectivity index (χ1v) is 8.36. The number of urea groups is 1. The molecular weight excluding hydrogens is 348 g/mol. The number of carbonyl (C=O) groups excluding carboxylic acids is 2. The number of non-ortho nitro benzene ring substituents is 1. The number of nitrogens with zero attached hydrogens (tertiary/aromatic N) is 3. The van der Waals surface area contributed by atoms with Gasteiger partial charge in [0.15, 0.2) is 0 Å². The predicted octanol–water partition coefficient (Wildman–Crippen LogP) is 2.59. The highest BCUT2D eigenvalue weighted by Gasteiger charge is 2.43. The molecule has 0 fully saturated rings. The lowest BCUT2D eigenvalue weighted by Crippen LogP contribution is -2.45. The van der Waals surface area contributed by atoms with Gasteiger partial charge in [-0.1, -0.05) is 30.3 Å². The summed E-state index contributed by atoms with van der Waals surface area (Å²) in [5, 5.41) is 13.7. The molecule has 0 saturated heterocycles. The highest BCUT2D eigenvalue weighted by Crippen LogP contribution is 2.37. The summed E-state index contributed by atoms with van der Waals surface area (Å²) >= 11 is 0. The Morgan fingerprint density at radius 3 is 2.37 bits per heavy atom. The molecule has 0 radical (unpaired) electrons. The lowest BCUT2D eigenvalue weighted by molar-refractivity contribution is -0.384. The maximum Gasteiger partial charge on any atom is 0.322 e. The molecule has 0 spiro atoms. The molecule has 8 heteroatoms. The summed E-state index contributed by atoms with van der Waals surface area (Å²) in [7, 11) is 1.62. The average molecular weight is 364 g/mol. The van der Waals surface area contributed by atoms with E-state index >= 15 is 0 Å². The van der Waals surface area contributed by atoms with E-state index in [1.54, 1.807) is 19.2 Å². The van der Waals surface area contributed by atoms with E-state index in [2.05, 4.69) is 5.32 Å². The molecule has 27 heavy (non-hydrogen) atoms. The van der Waals surface area contributed by atoms with Crippen molar-refractivity contribution in [1.29, 1.82) is 0 Å². The Labute approximate surface area is 154 Å². The fraction of sp³-hybridized carbons (Fsp3) is 0.158. The van der Waals surface area contributed by atoms with Crippen LogP contribution >= 0.6 is 0 Å². The van der Waals surface area contributed by atoms with Gasteiger partial charge in [-0.05, 0) is 17.7 Å². The Kier molecular flexibility index (Phi) is 3.88. The molecule has 2 aliphatic heterocycles. The van der Waals surface area contributed by atoms with Crippen molar-refractivity contribution in [2.45, 2.75) is 6.04 Å². The number of anilines is 1. The molecule has 8 nitrogen and oxygen atoms in total. The van der Waals surface area contributed by atoms with Gasteiger partial charge in [0.25, 0.3) is 11.6 Å². The molecule has 0 unspecified atom stereocenters. The SMILES string of the molecule is CN1C(=O)N[C@H](c2ccccc2)C2=C1CN(c1ccc([N+](=O)[O-])cc1)C2=O. The highest BCUT2D eigenvalue weighted by atomic mass is 16.6. The second-order valence-corrected chi connectivity index (χ2v) is 6.38. The van der Waals surface area contributed by atoms with Crippen LogP contribution in [-0.2, 0) is 4.79 Å². The van der Waals surface area contributed by atoms with Crippen molar-refractivity contribution in [2.24, 2.45) is 0 Å². The molecule has 0 saturated carbocycles. The van der Waals surface area contributed by atoms with Crippen LogP contribution in [0.25, 0.3) is 0 Å². The first-order chi connectivity index (χ1) is 13.0. The van der Waals surface area contributed by atoms with Gasteiger partial charge in [-0.15, -0.1) is 0 Å². The summed E-state index contributed by atoms with van der Waals surface area (Å²) in [6.45, 7) is 0.235. The fourth-order valence-electron chi connectivity index (χ4n) is 3.43. The third kappa shape index (κ3) is 2.71. The van der Waals surface area contributed by atoms with Crippen LogP contribution in [0, 0.1) is 10.1 Å². The number of likely N-dealkylation sites (N-methyl/N-ethyl adjacent to an activating group) is 1. The third-order valence-corrected chi connectivity index (χ3v) is 4.87. The Morgan fingerprint density at radius 1 is 1.07 bits per heavy atom. The minimum absolute atomic E-state index is 0.0424. The lowest BCUT2D eigenvalue weighted by atomic mass is 9.96. The summed E-state index contributed by atoms with van der Waals surface area (Å²) in [6, 6.07) is 14.3. The van der Waals surface area contributed by atoms with Crippen LogP contribution in [0.5, 0.6) is 0 Å². The number of hydrogen-bond acceptors (Lipinski definition) is 4. The van der Waals surface area contributed by atoms with Gasteiger partial charge < -0.3 is 10.2 Å². The predicted molar refractivity (Wildman–Crippen MR) is 98.0 cm³/mol. The number of nitrogens with one attached hydrogen (secondary N) is 1. The van der Waals surface area contributed by atoms with Crippen LogP contribution in [-0.4, -0.2) is 35.4 Å². The van der Waals surface area contributed by atoms with E-state index in [1.807, 2.05) is 30.3 Å². The van der Waals surface area contributed by atoms with Crippen molar-refractivity contribution >= 4 is 23.3 Å². The van der Waals surface area contributed by atoms with Crippen molar-refractivity contribution in [3.05, 3.63) is 81.5 Å². The van der Waals surface area contributed by atoms with E-state index in [-0.39, 0.29) is 24.2 Å². The van der Waals surface area contributed by atoms with Gasteiger partial charge in [0, 0.05) is 24.9 Å². The Balaban J connectivity index is 1.72. The van der Waals surface area contributed by atoms with Gasteiger partial charge in [-0.3, -0.25) is 19.8 Å². The standard InChI is InChI=1S/C19H16N4O4/c1-21-15-11-22(13-7-9-14(10-8-13)23(26)27)18(24)16(15)17(20-19(21)25)12-5-3-2-4-6-12/h2-10,17H,11H2,1H3,(H,20,25)/t17-/m1/s1. The monoisotopic (exact) mass is 364 g/mol. The van der Waals surface area contributed by atoms with Gasteiger partial charge in [-0.25, -0.2) is 4.79 Å². The Morgan fingerprint density at radius 2 is 1.74 bits per heavy atom. The first-order valence-electron chi connectivity index (χ1n) is 8.36. The summed E-state index contributed by atoms with van der Waals surface area (Å²) in [6.07, 6.45) is 0. The van der Waals surface area contributed by atoms with Gasteiger partial charge >= 0.3 is 6.03 Å². The Hall–Kier alpha value is -3.68. The molecule has 0 bridgehead atoms. The largest absolute Gasteiger partial charge is 0.327 e. The van der Waals surface area contributed by atoms with E-state index in [0.717, 1.165) is 5.56 Å². The second kappa shape index (κ2) is 6.24. The number of nitro benzene ring substituents is 1. The Bertz CT molecular complexity index is 969. The molecule has 1 atom stereocenters. The normalized spacial score (nSPS) is 19.2. The third-order valence-electron chi connectivity index (χ3n) is 4.87. The zero-order valence-corrected chi connectivity index (χ0v) is 14.5. The van der Waals surface area contributed by atoms with E-state index < -0.39 is 11.0 Å². The minimum atomic E-state index is -0.527. The number of rotatable bonds is 3. The number of benzene rings is 2. The molecule has 1 N–H and O–H groups in total. The van der Waals surface area contributed by atoms with Crippen molar-refractivity contribution in [2.75, 3.05) is 18.5 Å². The van der Waals surface area contributed by atoms with Gasteiger partial charge in [0.2, 0.25) is 0 Å². The number of carbonyl (C=O) groups is 2.